The SMILES string of the molecule is [B][C@H](C)C1OC(COC[C@@]2([B])O[C@@]3(COC)CSC2C3OC)[C@@H](O)C1O. The lowest BCUT2D eigenvalue weighted by atomic mass is 9.78. The highest BCUT2D eigenvalue weighted by molar-refractivity contribution is 8.00. The van der Waals surface area contributed by atoms with Crippen LogP contribution < -0.4 is 0 Å². The molecule has 0 aromatic carbocycles. The second kappa shape index (κ2) is 7.91. The molecular weight excluding hydrogens is 358 g/mol. The normalized spacial score (nSPS) is 49.0. The third-order valence-electron chi connectivity index (χ3n) is 5.35. The van der Waals surface area contributed by atoms with E-state index in [1.807, 2.05) is 0 Å². The summed E-state index contributed by atoms with van der Waals surface area (Å²) in [6.45, 7) is 2.30. The van der Waals surface area contributed by atoms with Gasteiger partial charge in [-0.2, -0.15) is 11.8 Å². The van der Waals surface area contributed by atoms with Crippen molar-refractivity contribution in [2.45, 2.75) is 59.6 Å². The molecule has 3 rings (SSSR count). The molecule has 0 aliphatic carbocycles. The average molecular weight is 384 g/mol. The summed E-state index contributed by atoms with van der Waals surface area (Å²) in [6.07, 6.45) is -3.56. The minimum atomic E-state index is -1.05. The molecule has 0 saturated carbocycles. The molecule has 3 aliphatic heterocycles. The lowest BCUT2D eigenvalue weighted by Crippen LogP contribution is -2.50. The highest BCUT2D eigenvalue weighted by Gasteiger charge is 2.65. The van der Waals surface area contributed by atoms with Crippen molar-refractivity contribution < 1.29 is 33.9 Å². The largest absolute Gasteiger partial charge is 0.388 e. The van der Waals surface area contributed by atoms with Gasteiger partial charge in [-0.25, -0.2) is 0 Å². The Labute approximate surface area is 161 Å². The van der Waals surface area contributed by atoms with Gasteiger partial charge in [-0.05, 0) is 0 Å². The summed E-state index contributed by atoms with van der Waals surface area (Å²) in [4.78, 5) is 0. The first-order chi connectivity index (χ1) is 12.3. The molecule has 3 aliphatic rings. The summed E-state index contributed by atoms with van der Waals surface area (Å²) >= 11 is 1.69. The molecule has 4 radical (unpaired) electrons. The van der Waals surface area contributed by atoms with E-state index in [9.17, 15) is 10.2 Å². The molecule has 9 atom stereocenters. The summed E-state index contributed by atoms with van der Waals surface area (Å²) in [6, 6.07) is 0. The Hall–Kier alpha value is 0.200. The molecule has 7 nitrogen and oxygen atoms in total. The smallest absolute Gasteiger partial charge is 0.127 e. The lowest BCUT2D eigenvalue weighted by Gasteiger charge is -2.37. The van der Waals surface area contributed by atoms with Gasteiger partial charge in [0.1, 0.15) is 37.9 Å². The Kier molecular flexibility index (Phi) is 6.36. The molecule has 3 heterocycles. The maximum Gasteiger partial charge on any atom is 0.127 e. The number of aliphatic hydroxyl groups is 2. The molecule has 10 heteroatoms. The molecule has 0 aromatic rings. The van der Waals surface area contributed by atoms with Gasteiger partial charge in [0.25, 0.3) is 0 Å². The van der Waals surface area contributed by atoms with Crippen LogP contribution in [0.4, 0.5) is 0 Å². The first-order valence-corrected chi connectivity index (χ1v) is 9.80. The molecular formula is C16H26B2O7S. The monoisotopic (exact) mass is 384 g/mol. The van der Waals surface area contributed by atoms with E-state index in [1.54, 1.807) is 32.9 Å². The number of thioether (sulfide) groups is 1. The third-order valence-corrected chi connectivity index (χ3v) is 7.01. The second-order valence-corrected chi connectivity index (χ2v) is 8.57. The zero-order chi connectivity index (χ0) is 19.1. The first kappa shape index (κ1) is 20.9. The molecule has 144 valence electrons. The van der Waals surface area contributed by atoms with Crippen molar-refractivity contribution in [1.82, 2.24) is 0 Å². The Morgan fingerprint density at radius 3 is 2.58 bits per heavy atom. The summed E-state index contributed by atoms with van der Waals surface area (Å²) in [5.74, 6) is 0.350. The van der Waals surface area contributed by atoms with Gasteiger partial charge in [-0.1, -0.05) is 12.7 Å². The van der Waals surface area contributed by atoms with E-state index in [0.29, 0.717) is 6.61 Å². The van der Waals surface area contributed by atoms with E-state index in [-0.39, 0.29) is 24.6 Å². The van der Waals surface area contributed by atoms with Crippen molar-refractivity contribution in [1.29, 1.82) is 0 Å². The fraction of sp³-hybridized carbons (Fsp3) is 1.00. The van der Waals surface area contributed by atoms with Crippen LogP contribution in [0.2, 0.25) is 5.82 Å². The molecule has 26 heavy (non-hydrogen) atoms. The van der Waals surface area contributed by atoms with Crippen LogP contribution in [0.5, 0.6) is 0 Å². The van der Waals surface area contributed by atoms with E-state index in [1.165, 1.54) is 0 Å². The van der Waals surface area contributed by atoms with Crippen LogP contribution >= 0.6 is 11.8 Å². The van der Waals surface area contributed by atoms with E-state index in [0.717, 1.165) is 5.75 Å². The van der Waals surface area contributed by atoms with Crippen molar-refractivity contribution in [3.8, 4) is 0 Å². The molecule has 3 saturated heterocycles. The van der Waals surface area contributed by atoms with E-state index < -0.39 is 41.3 Å². The van der Waals surface area contributed by atoms with Gasteiger partial charge < -0.3 is 33.9 Å². The first-order valence-electron chi connectivity index (χ1n) is 8.75. The van der Waals surface area contributed by atoms with Crippen LogP contribution in [0, 0.1) is 0 Å². The standard InChI is InChI=1S/C16H26B2O7S/c1-8(17)12-11(20)10(19)9(24-12)4-23-6-16(18)14-13(22-3)15(25-16,5-21-2)7-26-14/h8-14,19-20H,4-7H2,1-3H3/t8-,9?,10-,11?,12?,13?,14?,15+,16-/m1/s1. The van der Waals surface area contributed by atoms with Crippen molar-refractivity contribution in [3.63, 3.8) is 0 Å². The molecule has 5 unspecified atom stereocenters. The molecule has 2 bridgehead atoms. The Balaban J connectivity index is 1.57. The maximum atomic E-state index is 10.1. The average Bonchev–Trinajstić information content (AvgIpc) is 3.15. The van der Waals surface area contributed by atoms with Gasteiger partial charge >= 0.3 is 0 Å². The Morgan fingerprint density at radius 1 is 1.27 bits per heavy atom. The van der Waals surface area contributed by atoms with Crippen LogP contribution in [0.25, 0.3) is 0 Å². The Morgan fingerprint density at radius 2 is 2.00 bits per heavy atom. The highest BCUT2D eigenvalue weighted by atomic mass is 32.2. The van der Waals surface area contributed by atoms with Crippen LogP contribution in [0.3, 0.4) is 0 Å². The number of aliphatic hydroxyl groups excluding tert-OH is 2. The van der Waals surface area contributed by atoms with Crippen molar-refractivity contribution in [2.75, 3.05) is 39.8 Å². The molecule has 0 spiro atoms. The van der Waals surface area contributed by atoms with Crippen molar-refractivity contribution in [2.24, 2.45) is 0 Å². The summed E-state index contributed by atoms with van der Waals surface area (Å²) in [5.41, 5.74) is -1.61. The number of methoxy groups -OCH3 is 2. The second-order valence-electron chi connectivity index (χ2n) is 7.44. The number of hydrogen-bond acceptors (Lipinski definition) is 8. The number of fused-ring (bicyclic) bond motifs is 2. The zero-order valence-electron chi connectivity index (χ0n) is 15.4. The van der Waals surface area contributed by atoms with Crippen LogP contribution in [-0.2, 0) is 23.7 Å². The fourth-order valence-electron chi connectivity index (χ4n) is 4.13. The molecule has 3 fully saturated rings. The third kappa shape index (κ3) is 3.48. The predicted molar refractivity (Wildman–Crippen MR) is 97.9 cm³/mol. The van der Waals surface area contributed by atoms with Crippen LogP contribution in [0.15, 0.2) is 0 Å². The van der Waals surface area contributed by atoms with Gasteiger partial charge in [0.2, 0.25) is 0 Å². The van der Waals surface area contributed by atoms with Gasteiger partial charge in [0.15, 0.2) is 0 Å². The molecule has 0 amide bonds. The number of ether oxygens (including phenoxy) is 5. The quantitative estimate of drug-likeness (QED) is 0.510. The Bertz CT molecular complexity index is 501. The van der Waals surface area contributed by atoms with Crippen molar-refractivity contribution >= 4 is 27.5 Å². The van der Waals surface area contributed by atoms with Gasteiger partial charge in [-0.15, -0.1) is 0 Å². The van der Waals surface area contributed by atoms with Crippen molar-refractivity contribution in [3.05, 3.63) is 0 Å². The lowest BCUT2D eigenvalue weighted by molar-refractivity contribution is -0.141. The fourth-order valence-corrected chi connectivity index (χ4v) is 5.83. The highest BCUT2D eigenvalue weighted by Crippen LogP contribution is 2.53. The van der Waals surface area contributed by atoms with Crippen LogP contribution in [0.1, 0.15) is 6.92 Å². The number of rotatable bonds is 8. The van der Waals surface area contributed by atoms with E-state index in [4.69, 9.17) is 39.4 Å². The summed E-state index contributed by atoms with van der Waals surface area (Å²) < 4.78 is 28.4. The number of hydrogen-bond donors (Lipinski definition) is 2. The van der Waals surface area contributed by atoms with Gasteiger partial charge in [0.05, 0.1) is 44.5 Å². The summed E-state index contributed by atoms with van der Waals surface area (Å²) in [7, 11) is 15.5. The minimum Gasteiger partial charge on any atom is -0.388 e. The van der Waals surface area contributed by atoms with Gasteiger partial charge in [0, 0.05) is 20.0 Å². The van der Waals surface area contributed by atoms with E-state index >= 15 is 0 Å². The summed E-state index contributed by atoms with van der Waals surface area (Å²) in [5, 5.41) is 20.0. The maximum absolute atomic E-state index is 10.1. The predicted octanol–water partition coefficient (Wildman–Crippen LogP) is -1.12. The van der Waals surface area contributed by atoms with E-state index in [2.05, 4.69) is 0 Å². The minimum absolute atomic E-state index is 0.0794. The van der Waals surface area contributed by atoms with Gasteiger partial charge in [-0.3, -0.25) is 0 Å². The zero-order valence-corrected chi connectivity index (χ0v) is 16.2. The topological polar surface area (TPSA) is 86.6 Å². The molecule has 0 aromatic heterocycles. The molecule has 2 N–H and O–H groups in total. The van der Waals surface area contributed by atoms with Crippen LogP contribution in [-0.4, -0.2) is 113 Å².